The SMILES string of the molecule is CCOC(=O)[C@H]1[C@H](Nc2nc(Cl)nn3c(C(=O)O)ccc23)[C@@H]2CC[C@H]1C1CC12. The van der Waals surface area contributed by atoms with Crippen LogP contribution in [0.2, 0.25) is 5.28 Å². The molecular formula is C19H21ClN4O4. The van der Waals surface area contributed by atoms with E-state index in [0.29, 0.717) is 41.6 Å². The predicted octanol–water partition coefficient (Wildman–Crippen LogP) is 2.72. The van der Waals surface area contributed by atoms with Crippen LogP contribution in [0.4, 0.5) is 5.82 Å². The van der Waals surface area contributed by atoms with Gasteiger partial charge >= 0.3 is 11.9 Å². The average Bonchev–Trinajstić information content (AvgIpc) is 3.36. The van der Waals surface area contributed by atoms with Gasteiger partial charge in [0.1, 0.15) is 5.52 Å². The van der Waals surface area contributed by atoms with Gasteiger partial charge in [0.2, 0.25) is 5.28 Å². The van der Waals surface area contributed by atoms with E-state index in [9.17, 15) is 14.7 Å². The highest BCUT2D eigenvalue weighted by Gasteiger charge is 2.63. The second-order valence-corrected chi connectivity index (χ2v) is 8.30. The lowest BCUT2D eigenvalue weighted by Gasteiger charge is -2.47. The number of esters is 1. The van der Waals surface area contributed by atoms with E-state index in [1.807, 2.05) is 6.92 Å². The van der Waals surface area contributed by atoms with E-state index < -0.39 is 5.97 Å². The van der Waals surface area contributed by atoms with Gasteiger partial charge in [0.15, 0.2) is 11.5 Å². The molecule has 0 spiro atoms. The van der Waals surface area contributed by atoms with Crippen LogP contribution in [0.3, 0.4) is 0 Å². The summed E-state index contributed by atoms with van der Waals surface area (Å²) >= 11 is 6.07. The zero-order valence-electron chi connectivity index (χ0n) is 15.3. The van der Waals surface area contributed by atoms with Gasteiger partial charge in [-0.25, -0.2) is 9.31 Å². The Labute approximate surface area is 166 Å². The molecule has 2 bridgehead atoms. The second kappa shape index (κ2) is 6.34. The molecule has 0 radical (unpaired) electrons. The lowest BCUT2D eigenvalue weighted by atomic mass is 9.61. The van der Waals surface area contributed by atoms with Crippen molar-refractivity contribution in [2.45, 2.75) is 32.2 Å². The van der Waals surface area contributed by atoms with Crippen LogP contribution in [0, 0.1) is 29.6 Å². The van der Waals surface area contributed by atoms with Gasteiger partial charge in [0, 0.05) is 6.04 Å². The third-order valence-corrected chi connectivity index (χ3v) is 6.86. The highest BCUT2D eigenvalue weighted by Crippen LogP contribution is 2.64. The first kappa shape index (κ1) is 17.7. The number of aromatic carboxylic acids is 1. The minimum atomic E-state index is -1.09. The zero-order chi connectivity index (χ0) is 19.6. The molecule has 28 heavy (non-hydrogen) atoms. The highest BCUT2D eigenvalue weighted by molar-refractivity contribution is 6.28. The minimum Gasteiger partial charge on any atom is -0.477 e. The van der Waals surface area contributed by atoms with Crippen molar-refractivity contribution in [2.24, 2.45) is 29.6 Å². The zero-order valence-corrected chi connectivity index (χ0v) is 16.1. The topological polar surface area (TPSA) is 106 Å². The number of nitrogens with one attached hydrogen (secondary N) is 1. The van der Waals surface area contributed by atoms with Crippen LogP contribution in [0.15, 0.2) is 12.1 Å². The number of carbonyl (C=O) groups is 2. The van der Waals surface area contributed by atoms with Gasteiger partial charge in [0.25, 0.3) is 0 Å². The van der Waals surface area contributed by atoms with Crippen molar-refractivity contribution in [3.63, 3.8) is 0 Å². The average molecular weight is 405 g/mol. The third kappa shape index (κ3) is 2.57. The molecule has 0 aromatic carbocycles. The van der Waals surface area contributed by atoms with Gasteiger partial charge in [-0.15, -0.1) is 5.10 Å². The summed E-state index contributed by atoms with van der Waals surface area (Å²) < 4.78 is 6.67. The molecule has 8 nitrogen and oxygen atoms in total. The van der Waals surface area contributed by atoms with Gasteiger partial charge in [0.05, 0.1) is 12.5 Å². The van der Waals surface area contributed by atoms with Crippen LogP contribution in [-0.4, -0.2) is 44.3 Å². The summed E-state index contributed by atoms with van der Waals surface area (Å²) in [6.45, 7) is 2.18. The van der Waals surface area contributed by atoms with Crippen LogP contribution in [0.25, 0.3) is 5.52 Å². The molecule has 148 valence electrons. The van der Waals surface area contributed by atoms with Crippen LogP contribution in [0.5, 0.6) is 0 Å². The number of nitrogens with zero attached hydrogens (tertiary/aromatic N) is 3. The second-order valence-electron chi connectivity index (χ2n) is 7.97. The van der Waals surface area contributed by atoms with E-state index in [0.717, 1.165) is 12.8 Å². The Morgan fingerprint density at radius 2 is 2.04 bits per heavy atom. The number of ether oxygens (including phenoxy) is 1. The Hall–Kier alpha value is -2.35. The molecule has 4 aliphatic carbocycles. The molecule has 0 saturated heterocycles. The number of carbonyl (C=O) groups excluding carboxylic acids is 1. The standard InChI is InChI=1S/C19H21ClN4O4/c1-2-28-18(27)14-8-3-4-9(11-7-10(8)11)15(14)21-16-12-5-6-13(17(25)26)24(12)23-19(20)22-16/h5-6,8-11,14-15H,2-4,7H2,1H3,(H,25,26)(H,21,22,23)/t8-,9+,10?,11?,14+,15+/m0/s1. The Morgan fingerprint density at radius 3 is 2.79 bits per heavy atom. The summed E-state index contributed by atoms with van der Waals surface area (Å²) in [5, 5.41) is 16.8. The van der Waals surface area contributed by atoms with Crippen molar-refractivity contribution < 1.29 is 19.4 Å². The van der Waals surface area contributed by atoms with Crippen molar-refractivity contribution in [1.82, 2.24) is 14.6 Å². The molecular weight excluding hydrogens is 384 g/mol. The maximum atomic E-state index is 12.8. The Kier molecular flexibility index (Phi) is 4.01. The molecule has 2 N–H and O–H groups in total. The number of rotatable bonds is 5. The molecule has 2 aromatic rings. The molecule has 4 aliphatic rings. The Balaban J connectivity index is 1.54. The summed E-state index contributed by atoms with van der Waals surface area (Å²) in [6.07, 6.45) is 3.31. The number of halogens is 1. The highest BCUT2D eigenvalue weighted by atomic mass is 35.5. The number of anilines is 1. The summed E-state index contributed by atoms with van der Waals surface area (Å²) in [5.41, 5.74) is 0.537. The fourth-order valence-electron chi connectivity index (χ4n) is 5.61. The van der Waals surface area contributed by atoms with E-state index in [1.165, 1.54) is 17.0 Å². The summed E-state index contributed by atoms with van der Waals surface area (Å²) in [4.78, 5) is 28.5. The molecule has 2 heterocycles. The Bertz CT molecular complexity index is 976. The molecule has 4 fully saturated rings. The third-order valence-electron chi connectivity index (χ3n) is 6.70. The summed E-state index contributed by atoms with van der Waals surface area (Å²) in [5.74, 6) is 0.985. The fourth-order valence-corrected chi connectivity index (χ4v) is 5.77. The van der Waals surface area contributed by atoms with Gasteiger partial charge < -0.3 is 15.2 Å². The number of aromatic nitrogens is 3. The number of hydrogen-bond acceptors (Lipinski definition) is 6. The normalized spacial score (nSPS) is 32.8. The van der Waals surface area contributed by atoms with Gasteiger partial charge in [-0.3, -0.25) is 4.79 Å². The van der Waals surface area contributed by atoms with Gasteiger partial charge in [-0.1, -0.05) is 0 Å². The lowest BCUT2D eigenvalue weighted by molar-refractivity contribution is -0.155. The number of hydrogen-bond donors (Lipinski definition) is 2. The molecule has 2 aromatic heterocycles. The van der Waals surface area contributed by atoms with E-state index in [1.54, 1.807) is 6.07 Å². The van der Waals surface area contributed by atoms with Crippen molar-refractivity contribution in [3.05, 3.63) is 23.1 Å². The first-order valence-electron chi connectivity index (χ1n) is 9.71. The van der Waals surface area contributed by atoms with E-state index in [-0.39, 0.29) is 28.9 Å². The summed E-state index contributed by atoms with van der Waals surface area (Å²) in [6, 6.07) is 3.03. The lowest BCUT2D eigenvalue weighted by Crippen LogP contribution is -2.53. The van der Waals surface area contributed by atoms with Crippen molar-refractivity contribution in [3.8, 4) is 0 Å². The monoisotopic (exact) mass is 404 g/mol. The van der Waals surface area contributed by atoms with Crippen molar-refractivity contribution in [2.75, 3.05) is 11.9 Å². The van der Waals surface area contributed by atoms with Crippen LogP contribution < -0.4 is 5.32 Å². The number of carboxylic acid groups (broad SMARTS) is 1. The van der Waals surface area contributed by atoms with Crippen LogP contribution in [0.1, 0.15) is 36.7 Å². The fraction of sp³-hybridized carbons (Fsp3) is 0.579. The predicted molar refractivity (Wildman–Crippen MR) is 100 cm³/mol. The minimum absolute atomic E-state index is 0.0108. The van der Waals surface area contributed by atoms with Gasteiger partial charge in [-0.2, -0.15) is 4.98 Å². The molecule has 0 aliphatic heterocycles. The maximum absolute atomic E-state index is 12.8. The van der Waals surface area contributed by atoms with E-state index >= 15 is 0 Å². The number of fused-ring (bicyclic) bond motifs is 3. The molecule has 9 heteroatoms. The first-order valence-corrected chi connectivity index (χ1v) is 10.1. The Morgan fingerprint density at radius 1 is 1.29 bits per heavy atom. The van der Waals surface area contributed by atoms with Gasteiger partial charge in [-0.05, 0) is 73.6 Å². The van der Waals surface area contributed by atoms with E-state index in [4.69, 9.17) is 16.3 Å². The molecule has 6 atom stereocenters. The maximum Gasteiger partial charge on any atom is 0.354 e. The van der Waals surface area contributed by atoms with Crippen LogP contribution >= 0.6 is 11.6 Å². The molecule has 0 amide bonds. The molecule has 4 saturated carbocycles. The number of carboxylic acids is 1. The van der Waals surface area contributed by atoms with Crippen molar-refractivity contribution in [1.29, 1.82) is 0 Å². The molecule has 6 rings (SSSR count). The van der Waals surface area contributed by atoms with E-state index in [2.05, 4.69) is 15.4 Å². The quantitative estimate of drug-likeness (QED) is 0.738. The molecule has 2 unspecified atom stereocenters. The van der Waals surface area contributed by atoms with Crippen LogP contribution in [-0.2, 0) is 9.53 Å². The summed E-state index contributed by atoms with van der Waals surface area (Å²) in [7, 11) is 0. The first-order chi connectivity index (χ1) is 13.5. The smallest absolute Gasteiger partial charge is 0.354 e. The van der Waals surface area contributed by atoms with Crippen molar-refractivity contribution >= 4 is 34.9 Å². The largest absolute Gasteiger partial charge is 0.477 e.